The molecule has 2 rings (SSSR count). The van der Waals surface area contributed by atoms with Gasteiger partial charge in [0.25, 0.3) is 0 Å². The van der Waals surface area contributed by atoms with Crippen molar-refractivity contribution in [2.75, 3.05) is 7.11 Å². The molecular formula is C14H16Cl2N2O2. The third-order valence-electron chi connectivity index (χ3n) is 3.23. The first-order chi connectivity index (χ1) is 9.45. The molecule has 0 aliphatic rings. The molecule has 0 bridgehead atoms. The number of aliphatic hydroxyl groups is 1. The predicted molar refractivity (Wildman–Crippen MR) is 79.6 cm³/mol. The molecule has 1 N–H and O–H groups in total. The number of methoxy groups -OCH3 is 1. The Morgan fingerprint density at radius 1 is 1.40 bits per heavy atom. The lowest BCUT2D eigenvalue weighted by Gasteiger charge is -2.16. The molecule has 0 fully saturated rings. The van der Waals surface area contributed by atoms with Gasteiger partial charge in [-0.05, 0) is 19.1 Å². The van der Waals surface area contributed by atoms with Crippen LogP contribution in [0.2, 0.25) is 10.2 Å². The Labute approximate surface area is 127 Å². The van der Waals surface area contributed by atoms with Gasteiger partial charge in [0.1, 0.15) is 10.9 Å². The molecule has 2 aromatic rings. The average molecular weight is 315 g/mol. The van der Waals surface area contributed by atoms with Gasteiger partial charge in [-0.15, -0.1) is 0 Å². The number of nitrogens with zero attached hydrogens (tertiary/aromatic N) is 2. The van der Waals surface area contributed by atoms with Gasteiger partial charge in [0.05, 0.1) is 23.9 Å². The Morgan fingerprint density at radius 2 is 2.10 bits per heavy atom. The van der Waals surface area contributed by atoms with Gasteiger partial charge in [0, 0.05) is 24.6 Å². The van der Waals surface area contributed by atoms with Crippen LogP contribution < -0.4 is 4.74 Å². The zero-order chi connectivity index (χ0) is 14.9. The van der Waals surface area contributed by atoms with Crippen LogP contribution in [0.25, 0.3) is 0 Å². The Hall–Kier alpha value is -1.23. The van der Waals surface area contributed by atoms with E-state index >= 15 is 0 Å². The number of hydrogen-bond donors (Lipinski definition) is 1. The zero-order valence-corrected chi connectivity index (χ0v) is 13.0. The highest BCUT2D eigenvalue weighted by Gasteiger charge is 2.21. The molecule has 0 aliphatic heterocycles. The van der Waals surface area contributed by atoms with Crippen molar-refractivity contribution in [1.29, 1.82) is 0 Å². The van der Waals surface area contributed by atoms with Gasteiger partial charge >= 0.3 is 0 Å². The van der Waals surface area contributed by atoms with E-state index in [4.69, 9.17) is 27.9 Å². The summed E-state index contributed by atoms with van der Waals surface area (Å²) < 4.78 is 6.84. The summed E-state index contributed by atoms with van der Waals surface area (Å²) in [6.07, 6.45) is -0.474. The van der Waals surface area contributed by atoms with E-state index in [0.717, 1.165) is 11.3 Å². The van der Waals surface area contributed by atoms with Gasteiger partial charge in [-0.3, -0.25) is 4.68 Å². The Balaban J connectivity index is 2.35. The topological polar surface area (TPSA) is 47.3 Å². The number of hydrogen-bond acceptors (Lipinski definition) is 3. The van der Waals surface area contributed by atoms with Crippen molar-refractivity contribution in [2.45, 2.75) is 19.4 Å². The van der Waals surface area contributed by atoms with Crippen LogP contribution in [0.15, 0.2) is 18.2 Å². The zero-order valence-electron chi connectivity index (χ0n) is 11.5. The summed E-state index contributed by atoms with van der Waals surface area (Å²) in [7, 11) is 3.31. The van der Waals surface area contributed by atoms with E-state index < -0.39 is 6.10 Å². The maximum absolute atomic E-state index is 10.5. The van der Waals surface area contributed by atoms with Gasteiger partial charge < -0.3 is 9.84 Å². The van der Waals surface area contributed by atoms with E-state index in [9.17, 15) is 5.11 Å². The monoisotopic (exact) mass is 314 g/mol. The fraction of sp³-hybridized carbons (Fsp3) is 0.357. The van der Waals surface area contributed by atoms with Crippen molar-refractivity contribution in [3.8, 4) is 5.75 Å². The summed E-state index contributed by atoms with van der Waals surface area (Å²) in [6, 6.07) is 5.27. The fourth-order valence-corrected chi connectivity index (χ4v) is 2.76. The normalized spacial score (nSPS) is 12.5. The molecule has 0 spiro atoms. The molecule has 1 aromatic heterocycles. The van der Waals surface area contributed by atoms with Gasteiger partial charge in [-0.1, -0.05) is 29.3 Å². The van der Waals surface area contributed by atoms with Crippen LogP contribution in [0, 0.1) is 6.92 Å². The van der Waals surface area contributed by atoms with E-state index in [1.807, 2.05) is 6.92 Å². The molecule has 1 atom stereocenters. The minimum absolute atomic E-state index is 0.332. The summed E-state index contributed by atoms with van der Waals surface area (Å²) in [5.41, 5.74) is 2.17. The molecule has 0 aliphatic carbocycles. The first-order valence-corrected chi connectivity index (χ1v) is 6.89. The van der Waals surface area contributed by atoms with Crippen LogP contribution in [0.5, 0.6) is 5.75 Å². The molecule has 1 aromatic carbocycles. The molecule has 0 amide bonds. The van der Waals surface area contributed by atoms with Crippen LogP contribution in [0.1, 0.15) is 22.9 Å². The molecule has 1 unspecified atom stereocenters. The highest BCUT2D eigenvalue weighted by molar-refractivity contribution is 6.31. The first kappa shape index (κ1) is 15.2. The summed E-state index contributed by atoms with van der Waals surface area (Å²) in [6.45, 7) is 1.86. The average Bonchev–Trinajstić information content (AvgIpc) is 2.64. The first-order valence-electron chi connectivity index (χ1n) is 6.14. The largest absolute Gasteiger partial charge is 0.496 e. The maximum Gasteiger partial charge on any atom is 0.130 e. The molecule has 0 saturated carbocycles. The van der Waals surface area contributed by atoms with E-state index in [1.165, 1.54) is 0 Å². The third-order valence-corrected chi connectivity index (χ3v) is 4.04. The van der Waals surface area contributed by atoms with E-state index in [0.29, 0.717) is 27.9 Å². The lowest BCUT2D eigenvalue weighted by Crippen LogP contribution is -2.06. The van der Waals surface area contributed by atoms with Crippen molar-refractivity contribution in [2.24, 2.45) is 7.05 Å². The third kappa shape index (κ3) is 2.77. The molecule has 0 radical (unpaired) electrons. The Kier molecular flexibility index (Phi) is 4.58. The quantitative estimate of drug-likeness (QED) is 0.941. The minimum atomic E-state index is -0.806. The maximum atomic E-state index is 10.5. The predicted octanol–water partition coefficient (Wildman–Crippen LogP) is 3.32. The number of aliphatic hydroxyl groups excluding tert-OH is 1. The number of ether oxygens (including phenoxy) is 1. The van der Waals surface area contributed by atoms with Crippen LogP contribution in [-0.4, -0.2) is 22.0 Å². The van der Waals surface area contributed by atoms with Gasteiger partial charge in [-0.2, -0.15) is 5.10 Å². The lowest BCUT2D eigenvalue weighted by molar-refractivity contribution is 0.174. The highest BCUT2D eigenvalue weighted by atomic mass is 35.5. The van der Waals surface area contributed by atoms with Crippen molar-refractivity contribution >= 4 is 23.2 Å². The van der Waals surface area contributed by atoms with E-state index in [2.05, 4.69) is 5.10 Å². The second kappa shape index (κ2) is 6.04. The van der Waals surface area contributed by atoms with E-state index in [-0.39, 0.29) is 0 Å². The molecular weight excluding hydrogens is 299 g/mol. The van der Waals surface area contributed by atoms with Crippen LogP contribution >= 0.6 is 23.2 Å². The highest BCUT2D eigenvalue weighted by Crippen LogP contribution is 2.35. The smallest absolute Gasteiger partial charge is 0.130 e. The van der Waals surface area contributed by atoms with Crippen LogP contribution in [-0.2, 0) is 13.5 Å². The molecule has 0 saturated heterocycles. The van der Waals surface area contributed by atoms with Crippen molar-refractivity contribution < 1.29 is 9.84 Å². The Morgan fingerprint density at radius 3 is 2.65 bits per heavy atom. The summed E-state index contributed by atoms with van der Waals surface area (Å²) in [5, 5.41) is 15.7. The number of halogens is 2. The second-order valence-corrected chi connectivity index (χ2v) is 5.32. The number of rotatable bonds is 4. The molecule has 1 heterocycles. The summed E-state index contributed by atoms with van der Waals surface area (Å²) in [4.78, 5) is 0. The SMILES string of the molecule is COc1cccc(Cl)c1C(O)Cc1c(C)nn(C)c1Cl. The standard InChI is InChI=1S/C14H16Cl2N2O2/c1-8-9(14(16)18(2)17-8)7-11(19)13-10(15)5-4-6-12(13)20-3/h4-6,11,19H,7H2,1-3H3. The van der Waals surface area contributed by atoms with Crippen molar-refractivity contribution in [1.82, 2.24) is 9.78 Å². The molecule has 6 heteroatoms. The number of benzene rings is 1. The summed E-state index contributed by atoms with van der Waals surface area (Å²) >= 11 is 12.3. The fourth-order valence-electron chi connectivity index (χ4n) is 2.22. The van der Waals surface area contributed by atoms with Gasteiger partial charge in [-0.25, -0.2) is 0 Å². The lowest BCUT2D eigenvalue weighted by atomic mass is 10.0. The van der Waals surface area contributed by atoms with Crippen LogP contribution in [0.3, 0.4) is 0 Å². The van der Waals surface area contributed by atoms with E-state index in [1.54, 1.807) is 37.0 Å². The van der Waals surface area contributed by atoms with Crippen molar-refractivity contribution in [3.63, 3.8) is 0 Å². The molecule has 20 heavy (non-hydrogen) atoms. The minimum Gasteiger partial charge on any atom is -0.496 e. The Bertz CT molecular complexity index is 626. The number of aryl methyl sites for hydroxylation is 2. The molecule has 108 valence electrons. The summed E-state index contributed by atoms with van der Waals surface area (Å²) in [5.74, 6) is 0.558. The van der Waals surface area contributed by atoms with Gasteiger partial charge in [0.15, 0.2) is 0 Å². The second-order valence-electron chi connectivity index (χ2n) is 4.55. The van der Waals surface area contributed by atoms with Crippen molar-refractivity contribution in [3.05, 3.63) is 45.2 Å². The molecule has 4 nitrogen and oxygen atoms in total. The number of aromatic nitrogens is 2. The van der Waals surface area contributed by atoms with Crippen LogP contribution in [0.4, 0.5) is 0 Å². The van der Waals surface area contributed by atoms with Gasteiger partial charge in [0.2, 0.25) is 0 Å².